The molecule has 0 aliphatic carbocycles. The standard InChI is InChI=1S/C10H14N2O3/c1-4-14-10(13)8(3)15-9-6-11-5-7(2)12-9/h5-6,8H,4H2,1-3H3. The Morgan fingerprint density at radius 1 is 1.53 bits per heavy atom. The fourth-order valence-electron chi connectivity index (χ4n) is 0.986. The summed E-state index contributed by atoms with van der Waals surface area (Å²) in [6.07, 6.45) is 2.41. The first kappa shape index (κ1) is 11.4. The molecule has 0 bridgehead atoms. The van der Waals surface area contributed by atoms with Crippen molar-refractivity contribution in [3.8, 4) is 5.88 Å². The predicted molar refractivity (Wildman–Crippen MR) is 53.5 cm³/mol. The van der Waals surface area contributed by atoms with Crippen LogP contribution in [-0.2, 0) is 9.53 Å². The summed E-state index contributed by atoms with van der Waals surface area (Å²) >= 11 is 0. The highest BCUT2D eigenvalue weighted by Crippen LogP contribution is 2.07. The molecule has 15 heavy (non-hydrogen) atoms. The fraction of sp³-hybridized carbons (Fsp3) is 0.500. The number of hydrogen-bond acceptors (Lipinski definition) is 5. The van der Waals surface area contributed by atoms with Crippen LogP contribution in [0.3, 0.4) is 0 Å². The van der Waals surface area contributed by atoms with Crippen LogP contribution in [0.1, 0.15) is 19.5 Å². The topological polar surface area (TPSA) is 61.3 Å². The average molecular weight is 210 g/mol. The van der Waals surface area contributed by atoms with Crippen molar-refractivity contribution in [1.82, 2.24) is 9.97 Å². The number of aryl methyl sites for hydroxylation is 1. The van der Waals surface area contributed by atoms with E-state index in [1.54, 1.807) is 27.0 Å². The lowest BCUT2D eigenvalue weighted by molar-refractivity contribution is -0.150. The van der Waals surface area contributed by atoms with E-state index in [0.717, 1.165) is 5.69 Å². The van der Waals surface area contributed by atoms with Crippen LogP contribution >= 0.6 is 0 Å². The summed E-state index contributed by atoms with van der Waals surface area (Å²) in [5.74, 6) is -0.0728. The quantitative estimate of drug-likeness (QED) is 0.697. The van der Waals surface area contributed by atoms with E-state index in [9.17, 15) is 4.79 Å². The van der Waals surface area contributed by atoms with Gasteiger partial charge in [0.2, 0.25) is 5.88 Å². The zero-order valence-electron chi connectivity index (χ0n) is 9.06. The monoisotopic (exact) mass is 210 g/mol. The molecule has 1 unspecified atom stereocenters. The Hall–Kier alpha value is -1.65. The molecule has 0 saturated carbocycles. The first-order valence-corrected chi connectivity index (χ1v) is 4.75. The number of carbonyl (C=O) groups excluding carboxylic acids is 1. The normalized spacial score (nSPS) is 11.9. The molecule has 1 atom stereocenters. The summed E-state index contributed by atoms with van der Waals surface area (Å²) in [6, 6.07) is 0. The number of rotatable bonds is 4. The second kappa shape index (κ2) is 5.29. The van der Waals surface area contributed by atoms with Crippen LogP contribution in [0.15, 0.2) is 12.4 Å². The Morgan fingerprint density at radius 3 is 2.87 bits per heavy atom. The van der Waals surface area contributed by atoms with E-state index in [2.05, 4.69) is 9.97 Å². The molecule has 5 heteroatoms. The minimum Gasteiger partial charge on any atom is -0.463 e. The molecule has 0 N–H and O–H groups in total. The SMILES string of the molecule is CCOC(=O)C(C)Oc1cncc(C)n1. The molecule has 0 aromatic carbocycles. The maximum Gasteiger partial charge on any atom is 0.347 e. The first-order chi connectivity index (χ1) is 7.13. The Bertz CT molecular complexity index is 341. The second-order valence-electron chi connectivity index (χ2n) is 3.01. The minimum atomic E-state index is -0.666. The van der Waals surface area contributed by atoms with Gasteiger partial charge in [-0.3, -0.25) is 4.98 Å². The van der Waals surface area contributed by atoms with Gasteiger partial charge in [-0.25, -0.2) is 9.78 Å². The van der Waals surface area contributed by atoms with E-state index in [1.807, 2.05) is 0 Å². The van der Waals surface area contributed by atoms with Crippen LogP contribution in [0.4, 0.5) is 0 Å². The molecular weight excluding hydrogens is 196 g/mol. The maximum atomic E-state index is 11.2. The van der Waals surface area contributed by atoms with Gasteiger partial charge < -0.3 is 9.47 Å². The molecule has 0 amide bonds. The number of nitrogens with zero attached hydrogens (tertiary/aromatic N) is 2. The highest BCUT2D eigenvalue weighted by atomic mass is 16.6. The highest BCUT2D eigenvalue weighted by molar-refractivity contribution is 5.74. The third kappa shape index (κ3) is 3.53. The second-order valence-corrected chi connectivity index (χ2v) is 3.01. The molecule has 0 saturated heterocycles. The van der Waals surface area contributed by atoms with E-state index in [-0.39, 0.29) is 0 Å². The lowest BCUT2D eigenvalue weighted by atomic mass is 10.4. The molecule has 82 valence electrons. The Kier molecular flexibility index (Phi) is 4.03. The predicted octanol–water partition coefficient (Wildman–Crippen LogP) is 1.12. The van der Waals surface area contributed by atoms with Gasteiger partial charge in [0.25, 0.3) is 0 Å². The summed E-state index contributed by atoms with van der Waals surface area (Å²) < 4.78 is 10.1. The molecule has 0 spiro atoms. The summed E-state index contributed by atoms with van der Waals surface area (Å²) in [6.45, 7) is 5.50. The van der Waals surface area contributed by atoms with Gasteiger partial charge in [-0.1, -0.05) is 0 Å². The van der Waals surface area contributed by atoms with E-state index >= 15 is 0 Å². The summed E-state index contributed by atoms with van der Waals surface area (Å²) in [5, 5.41) is 0. The third-order valence-corrected chi connectivity index (χ3v) is 1.65. The number of esters is 1. The lowest BCUT2D eigenvalue weighted by Crippen LogP contribution is -2.26. The van der Waals surface area contributed by atoms with Crippen LogP contribution in [0, 0.1) is 6.92 Å². The number of hydrogen-bond donors (Lipinski definition) is 0. The fourth-order valence-corrected chi connectivity index (χ4v) is 0.986. The molecule has 1 heterocycles. The molecular formula is C10H14N2O3. The van der Waals surface area contributed by atoms with Gasteiger partial charge in [0, 0.05) is 6.20 Å². The van der Waals surface area contributed by atoms with Crippen molar-refractivity contribution < 1.29 is 14.3 Å². The number of carbonyl (C=O) groups is 1. The van der Waals surface area contributed by atoms with Crippen LogP contribution in [0.2, 0.25) is 0 Å². The zero-order chi connectivity index (χ0) is 11.3. The average Bonchev–Trinajstić information content (AvgIpc) is 2.18. The van der Waals surface area contributed by atoms with Gasteiger partial charge in [-0.05, 0) is 20.8 Å². The number of aromatic nitrogens is 2. The molecule has 0 aliphatic heterocycles. The van der Waals surface area contributed by atoms with Gasteiger partial charge in [-0.15, -0.1) is 0 Å². The lowest BCUT2D eigenvalue weighted by Gasteiger charge is -2.12. The Balaban J connectivity index is 2.58. The molecule has 0 radical (unpaired) electrons. The molecule has 0 aliphatic rings. The Labute approximate surface area is 88.4 Å². The highest BCUT2D eigenvalue weighted by Gasteiger charge is 2.16. The zero-order valence-corrected chi connectivity index (χ0v) is 9.06. The minimum absolute atomic E-state index is 0.329. The third-order valence-electron chi connectivity index (χ3n) is 1.65. The van der Waals surface area contributed by atoms with Gasteiger partial charge >= 0.3 is 5.97 Å². The van der Waals surface area contributed by atoms with Crippen molar-refractivity contribution in [2.24, 2.45) is 0 Å². The van der Waals surface area contributed by atoms with E-state index in [1.165, 1.54) is 6.20 Å². The first-order valence-electron chi connectivity index (χ1n) is 4.75. The van der Waals surface area contributed by atoms with Crippen LogP contribution in [0.5, 0.6) is 5.88 Å². The van der Waals surface area contributed by atoms with Crippen LogP contribution in [0.25, 0.3) is 0 Å². The van der Waals surface area contributed by atoms with E-state index in [0.29, 0.717) is 12.5 Å². The number of ether oxygens (including phenoxy) is 2. The molecule has 0 fully saturated rings. The molecule has 1 aromatic rings. The van der Waals surface area contributed by atoms with Gasteiger partial charge in [0.1, 0.15) is 0 Å². The van der Waals surface area contributed by atoms with Crippen molar-refractivity contribution in [3.05, 3.63) is 18.1 Å². The van der Waals surface area contributed by atoms with Crippen molar-refractivity contribution in [2.75, 3.05) is 6.61 Å². The van der Waals surface area contributed by atoms with Crippen LogP contribution < -0.4 is 4.74 Å². The van der Waals surface area contributed by atoms with Crippen molar-refractivity contribution in [1.29, 1.82) is 0 Å². The van der Waals surface area contributed by atoms with Crippen molar-refractivity contribution >= 4 is 5.97 Å². The molecule has 1 aromatic heterocycles. The van der Waals surface area contributed by atoms with Gasteiger partial charge in [0.05, 0.1) is 18.5 Å². The Morgan fingerprint density at radius 2 is 2.27 bits per heavy atom. The summed E-state index contributed by atoms with van der Waals surface area (Å²) in [4.78, 5) is 19.2. The smallest absolute Gasteiger partial charge is 0.347 e. The molecule has 5 nitrogen and oxygen atoms in total. The summed E-state index contributed by atoms with van der Waals surface area (Å²) in [7, 11) is 0. The van der Waals surface area contributed by atoms with E-state index in [4.69, 9.17) is 9.47 Å². The summed E-state index contributed by atoms with van der Waals surface area (Å²) in [5.41, 5.74) is 0.739. The van der Waals surface area contributed by atoms with Gasteiger partial charge in [-0.2, -0.15) is 0 Å². The largest absolute Gasteiger partial charge is 0.463 e. The van der Waals surface area contributed by atoms with Gasteiger partial charge in [0.15, 0.2) is 6.10 Å². The maximum absolute atomic E-state index is 11.2. The van der Waals surface area contributed by atoms with Crippen LogP contribution in [-0.4, -0.2) is 28.6 Å². The van der Waals surface area contributed by atoms with Crippen molar-refractivity contribution in [2.45, 2.75) is 26.9 Å². The van der Waals surface area contributed by atoms with Crippen molar-refractivity contribution in [3.63, 3.8) is 0 Å². The molecule has 1 rings (SSSR count). The van der Waals surface area contributed by atoms with E-state index < -0.39 is 12.1 Å².